The van der Waals surface area contributed by atoms with Crippen molar-refractivity contribution in [3.8, 4) is 11.4 Å². The molecule has 2 aromatic rings. The SMILES string of the molecule is COCCOC.O=Cc1ccc(-c2ncccn2)cc1. The highest BCUT2D eigenvalue weighted by atomic mass is 16.5. The van der Waals surface area contributed by atoms with Crippen molar-refractivity contribution >= 4 is 6.29 Å². The Kier molecular flexibility index (Phi) is 7.79. The molecule has 0 aliphatic heterocycles. The first kappa shape index (κ1) is 15.9. The Hall–Kier alpha value is -2.11. The molecule has 20 heavy (non-hydrogen) atoms. The minimum Gasteiger partial charge on any atom is -0.382 e. The molecule has 1 aromatic heterocycles. The average molecular weight is 274 g/mol. The first-order valence-electron chi connectivity index (χ1n) is 6.12. The van der Waals surface area contributed by atoms with E-state index >= 15 is 0 Å². The van der Waals surface area contributed by atoms with Gasteiger partial charge in [-0.15, -0.1) is 0 Å². The molecule has 0 N–H and O–H groups in total. The number of hydrogen-bond donors (Lipinski definition) is 0. The van der Waals surface area contributed by atoms with E-state index in [0.29, 0.717) is 24.6 Å². The Labute approximate surface area is 118 Å². The molecule has 2 rings (SSSR count). The molecule has 0 radical (unpaired) electrons. The summed E-state index contributed by atoms with van der Waals surface area (Å²) in [6.07, 6.45) is 4.20. The number of ether oxygens (including phenoxy) is 2. The van der Waals surface area contributed by atoms with Gasteiger partial charge in [-0.25, -0.2) is 9.97 Å². The van der Waals surface area contributed by atoms with Crippen molar-refractivity contribution in [1.82, 2.24) is 9.97 Å². The Morgan fingerprint density at radius 3 is 2.00 bits per heavy atom. The molecule has 0 bridgehead atoms. The van der Waals surface area contributed by atoms with E-state index in [1.807, 2.05) is 12.1 Å². The zero-order valence-electron chi connectivity index (χ0n) is 11.7. The number of hydrogen-bond acceptors (Lipinski definition) is 5. The summed E-state index contributed by atoms with van der Waals surface area (Å²) < 4.78 is 9.31. The highest BCUT2D eigenvalue weighted by Crippen LogP contribution is 2.13. The van der Waals surface area contributed by atoms with E-state index in [9.17, 15) is 4.79 Å². The molecule has 1 heterocycles. The third kappa shape index (κ3) is 5.69. The van der Waals surface area contributed by atoms with Crippen LogP contribution >= 0.6 is 0 Å². The quantitative estimate of drug-likeness (QED) is 0.618. The summed E-state index contributed by atoms with van der Waals surface area (Å²) in [5, 5.41) is 0. The molecule has 0 spiro atoms. The lowest BCUT2D eigenvalue weighted by atomic mass is 10.1. The summed E-state index contributed by atoms with van der Waals surface area (Å²) >= 11 is 0. The smallest absolute Gasteiger partial charge is 0.159 e. The van der Waals surface area contributed by atoms with Crippen LogP contribution in [0.15, 0.2) is 42.7 Å². The minimum absolute atomic E-state index is 0.657. The molecular formula is C15H18N2O3. The molecule has 0 aliphatic rings. The zero-order chi connectivity index (χ0) is 14.6. The molecule has 0 saturated carbocycles. The molecule has 0 saturated heterocycles. The van der Waals surface area contributed by atoms with Crippen LogP contribution in [-0.2, 0) is 9.47 Å². The Balaban J connectivity index is 0.000000286. The molecule has 0 aliphatic carbocycles. The lowest BCUT2D eigenvalue weighted by molar-refractivity contribution is 0.103. The predicted molar refractivity (Wildman–Crippen MR) is 76.6 cm³/mol. The highest BCUT2D eigenvalue weighted by Gasteiger charge is 1.98. The summed E-state index contributed by atoms with van der Waals surface area (Å²) in [7, 11) is 3.30. The molecule has 0 unspecified atom stereocenters. The second-order valence-corrected chi connectivity index (χ2v) is 3.80. The van der Waals surface area contributed by atoms with E-state index < -0.39 is 0 Å². The van der Waals surface area contributed by atoms with Crippen molar-refractivity contribution in [3.05, 3.63) is 48.3 Å². The third-order valence-electron chi connectivity index (χ3n) is 2.36. The van der Waals surface area contributed by atoms with Gasteiger partial charge in [-0.05, 0) is 6.07 Å². The van der Waals surface area contributed by atoms with Crippen LogP contribution in [0.4, 0.5) is 0 Å². The zero-order valence-corrected chi connectivity index (χ0v) is 11.7. The van der Waals surface area contributed by atoms with E-state index in [1.54, 1.807) is 44.8 Å². The second-order valence-electron chi connectivity index (χ2n) is 3.80. The van der Waals surface area contributed by atoms with Crippen molar-refractivity contribution in [2.45, 2.75) is 0 Å². The summed E-state index contributed by atoms with van der Waals surface area (Å²) in [5.74, 6) is 0.671. The van der Waals surface area contributed by atoms with Crippen LogP contribution in [0.2, 0.25) is 0 Å². The maximum absolute atomic E-state index is 10.4. The monoisotopic (exact) mass is 274 g/mol. The standard InChI is InChI=1S/C11H8N2O.C4H10O2/c14-8-9-2-4-10(5-3-9)11-12-6-1-7-13-11;1-5-3-4-6-2/h1-8H;3-4H2,1-2H3. The van der Waals surface area contributed by atoms with Crippen LogP contribution in [0, 0.1) is 0 Å². The Bertz CT molecular complexity index is 482. The van der Waals surface area contributed by atoms with Crippen molar-refractivity contribution in [2.24, 2.45) is 0 Å². The Morgan fingerprint density at radius 2 is 1.55 bits per heavy atom. The number of methoxy groups -OCH3 is 2. The molecule has 1 aromatic carbocycles. The van der Waals surface area contributed by atoms with Gasteiger partial charge in [0.15, 0.2) is 5.82 Å². The summed E-state index contributed by atoms with van der Waals surface area (Å²) in [5.41, 5.74) is 1.57. The maximum Gasteiger partial charge on any atom is 0.159 e. The van der Waals surface area contributed by atoms with Gasteiger partial charge < -0.3 is 9.47 Å². The van der Waals surface area contributed by atoms with Crippen LogP contribution in [0.5, 0.6) is 0 Å². The van der Waals surface area contributed by atoms with Gasteiger partial charge in [0, 0.05) is 37.7 Å². The van der Waals surface area contributed by atoms with E-state index in [-0.39, 0.29) is 0 Å². The van der Waals surface area contributed by atoms with Gasteiger partial charge in [-0.1, -0.05) is 24.3 Å². The summed E-state index contributed by atoms with van der Waals surface area (Å²) in [6, 6.07) is 8.93. The van der Waals surface area contributed by atoms with Crippen LogP contribution in [-0.4, -0.2) is 43.7 Å². The van der Waals surface area contributed by atoms with E-state index in [4.69, 9.17) is 0 Å². The number of nitrogens with zero attached hydrogens (tertiary/aromatic N) is 2. The first-order chi connectivity index (χ1) is 9.81. The number of benzene rings is 1. The first-order valence-corrected chi connectivity index (χ1v) is 6.12. The van der Waals surface area contributed by atoms with E-state index in [1.165, 1.54) is 0 Å². The number of aldehydes is 1. The highest BCUT2D eigenvalue weighted by molar-refractivity contribution is 5.76. The van der Waals surface area contributed by atoms with Crippen LogP contribution in [0.25, 0.3) is 11.4 Å². The lowest BCUT2D eigenvalue weighted by Crippen LogP contribution is -1.96. The van der Waals surface area contributed by atoms with Crippen molar-refractivity contribution in [2.75, 3.05) is 27.4 Å². The van der Waals surface area contributed by atoms with Gasteiger partial charge in [0.25, 0.3) is 0 Å². The maximum atomic E-state index is 10.4. The predicted octanol–water partition coefficient (Wildman–Crippen LogP) is 2.24. The number of carbonyl (C=O) groups excluding carboxylic acids is 1. The van der Waals surface area contributed by atoms with Crippen LogP contribution in [0.1, 0.15) is 10.4 Å². The summed E-state index contributed by atoms with van der Waals surface area (Å²) in [4.78, 5) is 18.6. The fraction of sp³-hybridized carbons (Fsp3) is 0.267. The third-order valence-corrected chi connectivity index (χ3v) is 2.36. The molecule has 0 fully saturated rings. The normalized spacial score (nSPS) is 9.50. The number of carbonyl (C=O) groups is 1. The summed E-state index contributed by atoms with van der Waals surface area (Å²) in [6.45, 7) is 1.38. The molecule has 0 amide bonds. The minimum atomic E-state index is 0.657. The molecule has 0 atom stereocenters. The topological polar surface area (TPSA) is 61.3 Å². The van der Waals surface area contributed by atoms with Crippen molar-refractivity contribution in [3.63, 3.8) is 0 Å². The molecule has 5 nitrogen and oxygen atoms in total. The van der Waals surface area contributed by atoms with Gasteiger partial charge in [-0.2, -0.15) is 0 Å². The lowest BCUT2D eigenvalue weighted by Gasteiger charge is -1.98. The van der Waals surface area contributed by atoms with Crippen molar-refractivity contribution < 1.29 is 14.3 Å². The van der Waals surface area contributed by atoms with Gasteiger partial charge in [0.1, 0.15) is 6.29 Å². The molecule has 106 valence electrons. The van der Waals surface area contributed by atoms with Crippen molar-refractivity contribution in [1.29, 1.82) is 0 Å². The van der Waals surface area contributed by atoms with Crippen LogP contribution in [0.3, 0.4) is 0 Å². The van der Waals surface area contributed by atoms with Gasteiger partial charge in [0.2, 0.25) is 0 Å². The van der Waals surface area contributed by atoms with Gasteiger partial charge >= 0.3 is 0 Å². The fourth-order valence-corrected chi connectivity index (χ4v) is 1.33. The fourth-order valence-electron chi connectivity index (χ4n) is 1.33. The van der Waals surface area contributed by atoms with E-state index in [0.717, 1.165) is 11.8 Å². The molecule has 5 heteroatoms. The number of rotatable bonds is 5. The second kappa shape index (κ2) is 9.77. The van der Waals surface area contributed by atoms with Gasteiger partial charge in [-0.3, -0.25) is 4.79 Å². The number of aromatic nitrogens is 2. The molecular weight excluding hydrogens is 256 g/mol. The average Bonchev–Trinajstić information content (AvgIpc) is 2.54. The van der Waals surface area contributed by atoms with Crippen LogP contribution < -0.4 is 0 Å². The van der Waals surface area contributed by atoms with Gasteiger partial charge in [0.05, 0.1) is 13.2 Å². The Morgan fingerprint density at radius 1 is 1.00 bits per heavy atom. The largest absolute Gasteiger partial charge is 0.382 e. The van der Waals surface area contributed by atoms with E-state index in [2.05, 4.69) is 19.4 Å².